The number of primary amides is 1. The number of hydrogen-bond acceptors (Lipinski definition) is 5. The molecule has 1 amide bonds. The van der Waals surface area contributed by atoms with Crippen LogP contribution in [-0.4, -0.2) is 21.4 Å². The molecule has 2 aromatic heterocycles. The Morgan fingerprint density at radius 1 is 1.47 bits per heavy atom. The normalized spacial score (nSPS) is 10.8. The van der Waals surface area contributed by atoms with Gasteiger partial charge in [-0.2, -0.15) is 5.10 Å². The summed E-state index contributed by atoms with van der Waals surface area (Å²) >= 11 is 0. The van der Waals surface area contributed by atoms with Gasteiger partial charge in [0.2, 0.25) is 11.5 Å². The molecule has 3 N–H and O–H groups in total. The number of ether oxygens (including phenoxy) is 1. The van der Waals surface area contributed by atoms with Crippen molar-refractivity contribution in [3.63, 3.8) is 0 Å². The zero-order chi connectivity index (χ0) is 13.4. The molecule has 0 saturated carbocycles. The van der Waals surface area contributed by atoms with Crippen LogP contribution in [0.5, 0.6) is 5.75 Å². The van der Waals surface area contributed by atoms with Crippen molar-refractivity contribution in [3.8, 4) is 17.1 Å². The Labute approximate surface area is 107 Å². The Hall–Kier alpha value is -2.83. The molecule has 7 nitrogen and oxygen atoms in total. The minimum atomic E-state index is -0.906. The molecule has 0 aliphatic rings. The van der Waals surface area contributed by atoms with E-state index in [1.807, 2.05) is 18.2 Å². The number of amides is 1. The van der Waals surface area contributed by atoms with Crippen molar-refractivity contribution in [2.45, 2.75) is 6.92 Å². The average Bonchev–Trinajstić information content (AvgIpc) is 2.96. The first-order valence-corrected chi connectivity index (χ1v) is 5.52. The molecule has 0 aliphatic heterocycles. The molecular weight excluding hydrogens is 248 g/mol. The minimum absolute atomic E-state index is 0.232. The van der Waals surface area contributed by atoms with Gasteiger partial charge in [-0.3, -0.25) is 5.10 Å². The molecule has 0 unspecified atom stereocenters. The summed E-state index contributed by atoms with van der Waals surface area (Å²) in [5.74, 6) is 0.592. The van der Waals surface area contributed by atoms with Gasteiger partial charge in [0.1, 0.15) is 5.69 Å². The molecule has 3 rings (SSSR count). The first-order chi connectivity index (χ1) is 9.15. The van der Waals surface area contributed by atoms with E-state index in [1.165, 1.54) is 0 Å². The molecular formula is C12H10N4O3. The number of rotatable bonds is 2. The number of nitrogens with zero attached hydrogens (tertiary/aromatic N) is 2. The van der Waals surface area contributed by atoms with Gasteiger partial charge in [-0.25, -0.2) is 4.79 Å². The topological polar surface area (TPSA) is 107 Å². The highest BCUT2D eigenvalue weighted by Crippen LogP contribution is 2.34. The number of nitrogens with one attached hydrogen (secondary N) is 1. The van der Waals surface area contributed by atoms with Gasteiger partial charge in [0.15, 0.2) is 0 Å². The van der Waals surface area contributed by atoms with E-state index in [0.717, 1.165) is 16.5 Å². The van der Waals surface area contributed by atoms with Crippen molar-refractivity contribution < 1.29 is 14.1 Å². The summed E-state index contributed by atoms with van der Waals surface area (Å²) in [6.45, 7) is 1.67. The van der Waals surface area contributed by atoms with Crippen LogP contribution in [0.15, 0.2) is 28.9 Å². The van der Waals surface area contributed by atoms with E-state index in [-0.39, 0.29) is 5.75 Å². The molecule has 0 bridgehead atoms. The van der Waals surface area contributed by atoms with Gasteiger partial charge < -0.3 is 15.0 Å². The number of nitrogens with two attached hydrogens (primary N) is 1. The Morgan fingerprint density at radius 3 is 3.11 bits per heavy atom. The van der Waals surface area contributed by atoms with Gasteiger partial charge in [0, 0.05) is 10.9 Å². The fourth-order valence-corrected chi connectivity index (χ4v) is 1.85. The molecule has 0 atom stereocenters. The van der Waals surface area contributed by atoms with Crippen molar-refractivity contribution >= 4 is 17.0 Å². The molecule has 0 saturated heterocycles. The lowest BCUT2D eigenvalue weighted by Crippen LogP contribution is -2.16. The molecule has 2 heterocycles. The van der Waals surface area contributed by atoms with E-state index in [9.17, 15) is 4.79 Å². The van der Waals surface area contributed by atoms with E-state index in [4.69, 9.17) is 15.0 Å². The van der Waals surface area contributed by atoms with E-state index >= 15 is 0 Å². The second-order valence-corrected chi connectivity index (χ2v) is 4.02. The van der Waals surface area contributed by atoms with Crippen molar-refractivity contribution in [1.82, 2.24) is 15.4 Å². The van der Waals surface area contributed by atoms with Crippen LogP contribution < -0.4 is 10.5 Å². The van der Waals surface area contributed by atoms with Gasteiger partial charge in [0.25, 0.3) is 0 Å². The fraction of sp³-hybridized carbons (Fsp3) is 0.0833. The number of aromatic nitrogens is 3. The summed E-state index contributed by atoms with van der Waals surface area (Å²) in [5.41, 5.74) is 7.12. The smallest absolute Gasteiger partial charge is 0.404 e. The Balaban J connectivity index is 2.12. The van der Waals surface area contributed by atoms with Crippen LogP contribution in [0, 0.1) is 6.92 Å². The molecule has 1 aromatic carbocycles. The number of carbonyl (C=O) groups excluding carboxylic acids is 1. The predicted octanol–water partition coefficient (Wildman–Crippen LogP) is 1.98. The number of carbonyl (C=O) groups is 1. The molecule has 3 aromatic rings. The summed E-state index contributed by atoms with van der Waals surface area (Å²) < 4.78 is 10.1. The second-order valence-electron chi connectivity index (χ2n) is 4.02. The van der Waals surface area contributed by atoms with E-state index in [0.29, 0.717) is 11.5 Å². The maximum absolute atomic E-state index is 10.9. The molecule has 0 spiro atoms. The van der Waals surface area contributed by atoms with Gasteiger partial charge in [0.05, 0.1) is 11.7 Å². The minimum Gasteiger partial charge on any atom is -0.404 e. The zero-order valence-electron chi connectivity index (χ0n) is 10.0. The Morgan fingerprint density at radius 2 is 2.32 bits per heavy atom. The van der Waals surface area contributed by atoms with Crippen LogP contribution in [0.4, 0.5) is 4.79 Å². The third kappa shape index (κ3) is 1.90. The lowest BCUT2D eigenvalue weighted by Gasteiger charge is -2.01. The number of hydrogen-bond donors (Lipinski definition) is 2. The third-order valence-electron chi connectivity index (χ3n) is 2.71. The van der Waals surface area contributed by atoms with E-state index < -0.39 is 6.09 Å². The predicted molar refractivity (Wildman–Crippen MR) is 66.5 cm³/mol. The molecule has 0 radical (unpaired) electrons. The first kappa shape index (κ1) is 11.3. The molecule has 0 fully saturated rings. The van der Waals surface area contributed by atoms with Crippen LogP contribution in [0.2, 0.25) is 0 Å². The largest absolute Gasteiger partial charge is 0.410 e. The van der Waals surface area contributed by atoms with Crippen LogP contribution in [0.1, 0.15) is 5.69 Å². The lowest BCUT2D eigenvalue weighted by atomic mass is 10.1. The summed E-state index contributed by atoms with van der Waals surface area (Å²) in [6, 6.07) is 5.52. The van der Waals surface area contributed by atoms with E-state index in [1.54, 1.807) is 13.1 Å². The summed E-state index contributed by atoms with van der Waals surface area (Å²) in [7, 11) is 0. The average molecular weight is 258 g/mol. The van der Waals surface area contributed by atoms with E-state index in [2.05, 4.69) is 15.4 Å². The highest BCUT2D eigenvalue weighted by Gasteiger charge is 2.19. The van der Waals surface area contributed by atoms with Gasteiger partial charge in [-0.15, -0.1) is 0 Å². The quantitative estimate of drug-likeness (QED) is 0.730. The number of fused-ring (bicyclic) bond motifs is 1. The summed E-state index contributed by atoms with van der Waals surface area (Å²) in [5, 5.41) is 11.5. The van der Waals surface area contributed by atoms with Gasteiger partial charge in [-0.05, 0) is 25.1 Å². The molecule has 7 heteroatoms. The SMILES string of the molecule is Cc1noc(-c2ccc3[nH]ncc3c2)c1OC(N)=O. The third-order valence-corrected chi connectivity index (χ3v) is 2.71. The molecule has 96 valence electrons. The van der Waals surface area contributed by atoms with Crippen molar-refractivity contribution in [2.24, 2.45) is 5.73 Å². The number of H-pyrrole nitrogens is 1. The Kier molecular flexibility index (Phi) is 2.45. The monoisotopic (exact) mass is 258 g/mol. The van der Waals surface area contributed by atoms with Crippen molar-refractivity contribution in [3.05, 3.63) is 30.1 Å². The first-order valence-electron chi connectivity index (χ1n) is 5.52. The second kappa shape index (κ2) is 4.13. The number of aryl methyl sites for hydroxylation is 1. The van der Waals surface area contributed by atoms with Crippen molar-refractivity contribution in [2.75, 3.05) is 0 Å². The Bertz CT molecular complexity index is 759. The number of benzene rings is 1. The maximum Gasteiger partial charge on any atom is 0.410 e. The summed E-state index contributed by atoms with van der Waals surface area (Å²) in [6.07, 6.45) is 0.786. The molecule has 0 aliphatic carbocycles. The zero-order valence-corrected chi connectivity index (χ0v) is 10.0. The standard InChI is InChI=1S/C12H10N4O3/c1-6-10(18-12(13)17)11(19-16-6)7-2-3-9-8(4-7)5-14-15-9/h2-5H,1H3,(H2,13,17)(H,14,15). The van der Waals surface area contributed by atoms with Crippen LogP contribution in [-0.2, 0) is 0 Å². The van der Waals surface area contributed by atoms with Crippen LogP contribution in [0.25, 0.3) is 22.2 Å². The van der Waals surface area contributed by atoms with Crippen LogP contribution in [0.3, 0.4) is 0 Å². The molecule has 19 heavy (non-hydrogen) atoms. The fourth-order valence-electron chi connectivity index (χ4n) is 1.85. The van der Waals surface area contributed by atoms with Gasteiger partial charge >= 0.3 is 6.09 Å². The highest BCUT2D eigenvalue weighted by atomic mass is 16.6. The highest BCUT2D eigenvalue weighted by molar-refractivity contribution is 5.84. The van der Waals surface area contributed by atoms with Crippen LogP contribution >= 0.6 is 0 Å². The number of aromatic amines is 1. The lowest BCUT2D eigenvalue weighted by molar-refractivity contribution is 0.210. The van der Waals surface area contributed by atoms with Crippen molar-refractivity contribution in [1.29, 1.82) is 0 Å². The maximum atomic E-state index is 10.9. The van der Waals surface area contributed by atoms with Gasteiger partial charge in [-0.1, -0.05) is 5.16 Å². The summed E-state index contributed by atoms with van der Waals surface area (Å²) in [4.78, 5) is 10.9.